The van der Waals surface area contributed by atoms with Crippen LogP contribution < -0.4 is 10.5 Å². The minimum atomic E-state index is -0.577. The van der Waals surface area contributed by atoms with E-state index in [0.717, 1.165) is 5.75 Å². The second-order valence-corrected chi connectivity index (χ2v) is 6.66. The molecule has 1 rings (SSSR count). The van der Waals surface area contributed by atoms with Gasteiger partial charge in [0.1, 0.15) is 5.75 Å². The Hall–Kier alpha value is -1.06. The quantitative estimate of drug-likeness (QED) is 0.860. The maximum Gasteiger partial charge on any atom is 0.123 e. The summed E-state index contributed by atoms with van der Waals surface area (Å²) in [5.41, 5.74) is 7.80. The first-order valence-electron chi connectivity index (χ1n) is 6.79. The third-order valence-corrected chi connectivity index (χ3v) is 3.24. The van der Waals surface area contributed by atoms with Gasteiger partial charge in [0.15, 0.2) is 0 Å². The lowest BCUT2D eigenvalue weighted by atomic mass is 9.85. The van der Waals surface area contributed by atoms with E-state index in [-0.39, 0.29) is 12.0 Å². The van der Waals surface area contributed by atoms with Crippen LogP contribution in [0.5, 0.6) is 5.75 Å². The van der Waals surface area contributed by atoms with Crippen molar-refractivity contribution in [1.82, 2.24) is 0 Å². The summed E-state index contributed by atoms with van der Waals surface area (Å²) in [6, 6.07) is 6.24. The van der Waals surface area contributed by atoms with Crippen molar-refractivity contribution < 1.29 is 9.84 Å². The number of benzene rings is 1. The second kappa shape index (κ2) is 5.93. The number of hydrogen-bond donors (Lipinski definition) is 2. The van der Waals surface area contributed by atoms with Crippen molar-refractivity contribution in [1.29, 1.82) is 0 Å². The van der Waals surface area contributed by atoms with E-state index in [1.54, 1.807) is 0 Å². The maximum absolute atomic E-state index is 9.13. The summed E-state index contributed by atoms with van der Waals surface area (Å²) in [6.07, 6.45) is 0.626. The standard InChI is InChI=1S/C16H27NO2/c1-12-6-7-14(13(10-12)15(2,3)4)19-9-8-16(5,17)11-18/h6-7,10,18H,8-9,11,17H2,1-5H3. The topological polar surface area (TPSA) is 55.5 Å². The Labute approximate surface area is 116 Å². The lowest BCUT2D eigenvalue weighted by Gasteiger charge is -2.25. The monoisotopic (exact) mass is 265 g/mol. The van der Waals surface area contributed by atoms with Crippen molar-refractivity contribution in [2.45, 2.75) is 52.0 Å². The molecule has 3 nitrogen and oxygen atoms in total. The molecule has 0 saturated heterocycles. The summed E-state index contributed by atoms with van der Waals surface area (Å²) >= 11 is 0. The first-order chi connectivity index (χ1) is 8.65. The molecule has 0 bridgehead atoms. The Morgan fingerprint density at radius 2 is 1.84 bits per heavy atom. The van der Waals surface area contributed by atoms with E-state index in [1.165, 1.54) is 11.1 Å². The van der Waals surface area contributed by atoms with Crippen LogP contribution in [0.15, 0.2) is 18.2 Å². The van der Waals surface area contributed by atoms with Crippen LogP contribution >= 0.6 is 0 Å². The van der Waals surface area contributed by atoms with Crippen LogP contribution in [0.4, 0.5) is 0 Å². The highest BCUT2D eigenvalue weighted by Gasteiger charge is 2.21. The summed E-state index contributed by atoms with van der Waals surface area (Å²) in [7, 11) is 0. The molecule has 108 valence electrons. The van der Waals surface area contributed by atoms with E-state index in [0.29, 0.717) is 13.0 Å². The molecule has 0 amide bonds. The molecular weight excluding hydrogens is 238 g/mol. The molecule has 0 aliphatic rings. The van der Waals surface area contributed by atoms with Crippen LogP contribution in [0.1, 0.15) is 45.2 Å². The van der Waals surface area contributed by atoms with Crippen molar-refractivity contribution in [3.8, 4) is 5.75 Å². The molecule has 0 aliphatic heterocycles. The molecule has 0 heterocycles. The third-order valence-electron chi connectivity index (χ3n) is 3.24. The molecule has 0 aromatic heterocycles. The van der Waals surface area contributed by atoms with E-state index in [9.17, 15) is 0 Å². The molecule has 19 heavy (non-hydrogen) atoms. The number of rotatable bonds is 5. The minimum Gasteiger partial charge on any atom is -0.493 e. The number of ether oxygens (including phenoxy) is 1. The summed E-state index contributed by atoms with van der Waals surface area (Å²) in [5, 5.41) is 9.13. The lowest BCUT2D eigenvalue weighted by Crippen LogP contribution is -2.41. The van der Waals surface area contributed by atoms with Gasteiger partial charge in [-0.1, -0.05) is 38.5 Å². The lowest BCUT2D eigenvalue weighted by molar-refractivity contribution is 0.174. The summed E-state index contributed by atoms with van der Waals surface area (Å²) in [4.78, 5) is 0. The van der Waals surface area contributed by atoms with Crippen molar-refractivity contribution >= 4 is 0 Å². The first kappa shape index (κ1) is 16.0. The zero-order chi connectivity index (χ0) is 14.7. The normalized spacial score (nSPS) is 15.1. The first-order valence-corrected chi connectivity index (χ1v) is 6.79. The van der Waals surface area contributed by atoms with Crippen LogP contribution in [0.2, 0.25) is 0 Å². The zero-order valence-electron chi connectivity index (χ0n) is 12.8. The largest absolute Gasteiger partial charge is 0.493 e. The van der Waals surface area contributed by atoms with Crippen LogP contribution in [-0.4, -0.2) is 23.9 Å². The van der Waals surface area contributed by atoms with Gasteiger partial charge >= 0.3 is 0 Å². The smallest absolute Gasteiger partial charge is 0.123 e. The minimum absolute atomic E-state index is 0.0314. The summed E-state index contributed by atoms with van der Waals surface area (Å²) in [6.45, 7) is 10.9. The molecule has 1 aromatic carbocycles. The zero-order valence-corrected chi connectivity index (χ0v) is 12.8. The SMILES string of the molecule is Cc1ccc(OCCC(C)(N)CO)c(C(C)(C)C)c1. The van der Waals surface area contributed by atoms with Gasteiger partial charge in [-0.2, -0.15) is 0 Å². The molecule has 0 fully saturated rings. The third kappa shape index (κ3) is 4.84. The van der Waals surface area contributed by atoms with E-state index in [2.05, 4.69) is 39.8 Å². The van der Waals surface area contributed by atoms with Gasteiger partial charge in [0.25, 0.3) is 0 Å². The van der Waals surface area contributed by atoms with E-state index < -0.39 is 5.54 Å². The molecule has 3 heteroatoms. The van der Waals surface area contributed by atoms with Gasteiger partial charge in [-0.3, -0.25) is 0 Å². The average Bonchev–Trinajstić information content (AvgIpc) is 2.29. The second-order valence-electron chi connectivity index (χ2n) is 6.66. The summed E-state index contributed by atoms with van der Waals surface area (Å²) in [5.74, 6) is 0.909. The molecule has 1 atom stereocenters. The number of hydrogen-bond acceptors (Lipinski definition) is 3. The fourth-order valence-corrected chi connectivity index (χ4v) is 1.83. The van der Waals surface area contributed by atoms with Crippen molar-refractivity contribution in [3.05, 3.63) is 29.3 Å². The molecule has 0 saturated carbocycles. The molecule has 0 aliphatic carbocycles. The number of aliphatic hydroxyl groups excluding tert-OH is 1. The van der Waals surface area contributed by atoms with Gasteiger partial charge in [-0.25, -0.2) is 0 Å². The number of nitrogens with two attached hydrogens (primary N) is 1. The van der Waals surface area contributed by atoms with Gasteiger partial charge in [-0.15, -0.1) is 0 Å². The van der Waals surface area contributed by atoms with Crippen molar-refractivity contribution in [2.75, 3.05) is 13.2 Å². The van der Waals surface area contributed by atoms with E-state index in [4.69, 9.17) is 15.6 Å². The molecule has 0 spiro atoms. The van der Waals surface area contributed by atoms with Gasteiger partial charge in [-0.05, 0) is 30.9 Å². The van der Waals surface area contributed by atoms with Crippen molar-refractivity contribution in [2.24, 2.45) is 5.73 Å². The fourth-order valence-electron chi connectivity index (χ4n) is 1.83. The highest BCUT2D eigenvalue weighted by atomic mass is 16.5. The fraction of sp³-hybridized carbons (Fsp3) is 0.625. The van der Waals surface area contributed by atoms with Crippen LogP contribution in [0.3, 0.4) is 0 Å². The van der Waals surface area contributed by atoms with Crippen LogP contribution in [0.25, 0.3) is 0 Å². The van der Waals surface area contributed by atoms with Crippen LogP contribution in [-0.2, 0) is 5.41 Å². The molecule has 3 N–H and O–H groups in total. The Kier molecular flexibility index (Phi) is 4.99. The number of aryl methyl sites for hydroxylation is 1. The van der Waals surface area contributed by atoms with Gasteiger partial charge in [0.2, 0.25) is 0 Å². The highest BCUT2D eigenvalue weighted by molar-refractivity contribution is 5.41. The van der Waals surface area contributed by atoms with Gasteiger partial charge in [0, 0.05) is 12.0 Å². The van der Waals surface area contributed by atoms with Gasteiger partial charge in [0.05, 0.1) is 13.2 Å². The number of aliphatic hydroxyl groups is 1. The van der Waals surface area contributed by atoms with Crippen LogP contribution in [0, 0.1) is 6.92 Å². The van der Waals surface area contributed by atoms with Crippen molar-refractivity contribution in [3.63, 3.8) is 0 Å². The Bertz CT molecular complexity index is 419. The Morgan fingerprint density at radius 3 is 2.37 bits per heavy atom. The molecule has 1 aromatic rings. The van der Waals surface area contributed by atoms with Gasteiger partial charge < -0.3 is 15.6 Å². The maximum atomic E-state index is 9.13. The average molecular weight is 265 g/mol. The molecular formula is C16H27NO2. The molecule has 1 unspecified atom stereocenters. The predicted molar refractivity (Wildman–Crippen MR) is 79.7 cm³/mol. The summed E-state index contributed by atoms with van der Waals surface area (Å²) < 4.78 is 5.87. The molecule has 0 radical (unpaired) electrons. The predicted octanol–water partition coefficient (Wildman–Crippen LogP) is 2.77. The van der Waals surface area contributed by atoms with E-state index >= 15 is 0 Å². The van der Waals surface area contributed by atoms with E-state index in [1.807, 2.05) is 13.0 Å². The highest BCUT2D eigenvalue weighted by Crippen LogP contribution is 2.32. The Morgan fingerprint density at radius 1 is 1.21 bits per heavy atom. The Balaban J connectivity index is 2.79.